The van der Waals surface area contributed by atoms with Gasteiger partial charge in [0.05, 0.1) is 30.0 Å². The minimum absolute atomic E-state index is 0.178. The topological polar surface area (TPSA) is 45.7 Å². The second kappa shape index (κ2) is 5.51. The molecule has 0 unspecified atom stereocenters. The number of carbonyl (C=O) groups is 1. The van der Waals surface area contributed by atoms with Crippen molar-refractivity contribution in [1.29, 1.82) is 0 Å². The number of hydrogen-bond donors (Lipinski definition) is 0. The number of anilines is 1. The van der Waals surface area contributed by atoms with Crippen LogP contribution in [-0.4, -0.2) is 53.7 Å². The number of nitrogens with zero attached hydrogens (tertiary/aromatic N) is 3. The largest absolute Gasteiger partial charge is 0.379 e. The summed E-state index contributed by atoms with van der Waals surface area (Å²) in [6.45, 7) is 9.90. The van der Waals surface area contributed by atoms with Crippen LogP contribution in [0.1, 0.15) is 39.3 Å². The third-order valence-electron chi connectivity index (χ3n) is 5.93. The predicted octanol–water partition coefficient (Wildman–Crippen LogP) is 2.72. The molecule has 24 heavy (non-hydrogen) atoms. The van der Waals surface area contributed by atoms with Gasteiger partial charge in [0, 0.05) is 35.3 Å². The van der Waals surface area contributed by atoms with Crippen LogP contribution in [0.5, 0.6) is 0 Å². The molecule has 0 bridgehead atoms. The van der Waals surface area contributed by atoms with Gasteiger partial charge in [-0.15, -0.1) is 0 Å². The van der Waals surface area contributed by atoms with Crippen LogP contribution in [0.3, 0.4) is 0 Å². The zero-order chi connectivity index (χ0) is 17.1. The maximum atomic E-state index is 13.1. The van der Waals surface area contributed by atoms with Crippen LogP contribution >= 0.6 is 15.9 Å². The van der Waals surface area contributed by atoms with Gasteiger partial charge in [-0.2, -0.15) is 0 Å². The van der Waals surface area contributed by atoms with E-state index in [-0.39, 0.29) is 17.5 Å². The monoisotopic (exact) mass is 393 g/mol. The van der Waals surface area contributed by atoms with E-state index in [1.165, 1.54) is 0 Å². The minimum Gasteiger partial charge on any atom is -0.379 e. The Morgan fingerprint density at radius 1 is 1.25 bits per heavy atom. The third-order valence-corrected chi connectivity index (χ3v) is 6.36. The molecule has 1 aromatic rings. The number of morpholine rings is 1. The highest BCUT2D eigenvalue weighted by atomic mass is 79.9. The zero-order valence-electron chi connectivity index (χ0n) is 14.5. The third kappa shape index (κ3) is 2.34. The lowest BCUT2D eigenvalue weighted by Gasteiger charge is -2.55. The molecule has 0 atom stereocenters. The van der Waals surface area contributed by atoms with E-state index in [2.05, 4.69) is 32.7 Å². The molecule has 0 N–H and O–H groups in total. The summed E-state index contributed by atoms with van der Waals surface area (Å²) in [7, 11) is 0. The molecule has 1 aromatic heterocycles. The summed E-state index contributed by atoms with van der Waals surface area (Å²) < 4.78 is 6.40. The molecule has 3 heterocycles. The van der Waals surface area contributed by atoms with E-state index in [1.54, 1.807) is 6.20 Å². The van der Waals surface area contributed by atoms with Gasteiger partial charge in [0.15, 0.2) is 0 Å². The van der Waals surface area contributed by atoms with Crippen molar-refractivity contribution in [3.63, 3.8) is 0 Å². The maximum Gasteiger partial charge on any atom is 0.239 e. The summed E-state index contributed by atoms with van der Waals surface area (Å²) in [6.07, 6.45) is 3.82. The lowest BCUT2D eigenvalue weighted by Crippen LogP contribution is -2.65. The van der Waals surface area contributed by atoms with Crippen LogP contribution in [0, 0.1) is 0 Å². The van der Waals surface area contributed by atoms with Gasteiger partial charge in [-0.05, 0) is 55.6 Å². The first-order valence-electron chi connectivity index (χ1n) is 8.65. The number of aromatic nitrogens is 1. The fourth-order valence-corrected chi connectivity index (χ4v) is 4.79. The summed E-state index contributed by atoms with van der Waals surface area (Å²) in [5.74, 6) is 0.178. The molecule has 1 saturated carbocycles. The molecule has 1 saturated heterocycles. The van der Waals surface area contributed by atoms with Crippen molar-refractivity contribution >= 4 is 27.5 Å². The lowest BCUT2D eigenvalue weighted by atomic mass is 9.71. The molecule has 1 amide bonds. The number of rotatable bonds is 2. The average Bonchev–Trinajstić information content (AvgIpc) is 2.72. The van der Waals surface area contributed by atoms with Gasteiger partial charge in [0.25, 0.3) is 0 Å². The first-order valence-corrected chi connectivity index (χ1v) is 9.45. The first kappa shape index (κ1) is 16.5. The number of hydrogen-bond acceptors (Lipinski definition) is 4. The van der Waals surface area contributed by atoms with Crippen molar-refractivity contribution in [3.8, 4) is 0 Å². The van der Waals surface area contributed by atoms with E-state index in [9.17, 15) is 4.79 Å². The van der Waals surface area contributed by atoms with Crippen LogP contribution in [0.15, 0.2) is 16.7 Å². The molecule has 4 rings (SSSR count). The summed E-state index contributed by atoms with van der Waals surface area (Å²) in [5, 5.41) is 0. The lowest BCUT2D eigenvalue weighted by molar-refractivity contribution is -0.124. The van der Waals surface area contributed by atoms with Crippen LogP contribution < -0.4 is 4.90 Å². The molecular formula is C18H24BrN3O2. The Labute approximate surface area is 151 Å². The molecule has 0 spiro atoms. The standard InChI is InChI=1S/C18H24BrN3O2/c1-17(2)15-14(8-12(19)11-20-15)22(16(17)23)13-9-18(3,10-13)21-4-6-24-7-5-21/h8,11,13H,4-7,9-10H2,1-3H3/t13-,18+. The Morgan fingerprint density at radius 2 is 1.92 bits per heavy atom. The second-order valence-corrected chi connectivity index (χ2v) is 8.90. The van der Waals surface area contributed by atoms with Gasteiger partial charge >= 0.3 is 0 Å². The fraction of sp³-hybridized carbons (Fsp3) is 0.667. The highest BCUT2D eigenvalue weighted by Crippen LogP contribution is 2.49. The summed E-state index contributed by atoms with van der Waals surface area (Å²) in [5.41, 5.74) is 1.52. The predicted molar refractivity (Wildman–Crippen MR) is 96.3 cm³/mol. The van der Waals surface area contributed by atoms with Crippen molar-refractivity contribution in [2.24, 2.45) is 0 Å². The number of fused-ring (bicyclic) bond motifs is 1. The summed E-state index contributed by atoms with van der Waals surface area (Å²) in [4.78, 5) is 22.1. The van der Waals surface area contributed by atoms with E-state index in [4.69, 9.17) is 4.74 Å². The Balaban J connectivity index is 1.58. The van der Waals surface area contributed by atoms with E-state index >= 15 is 0 Å². The van der Waals surface area contributed by atoms with Gasteiger partial charge in [-0.3, -0.25) is 14.7 Å². The smallest absolute Gasteiger partial charge is 0.239 e. The van der Waals surface area contributed by atoms with Crippen LogP contribution in [0.4, 0.5) is 5.69 Å². The number of carbonyl (C=O) groups excluding carboxylic acids is 1. The van der Waals surface area contributed by atoms with E-state index in [0.29, 0.717) is 0 Å². The van der Waals surface area contributed by atoms with Crippen LogP contribution in [0.2, 0.25) is 0 Å². The normalized spacial score (nSPS) is 32.6. The average molecular weight is 394 g/mol. The molecule has 3 aliphatic rings. The number of amides is 1. The highest BCUT2D eigenvalue weighted by Gasteiger charge is 2.54. The number of pyridine rings is 1. The Morgan fingerprint density at radius 3 is 2.58 bits per heavy atom. The first-order chi connectivity index (χ1) is 11.3. The van der Waals surface area contributed by atoms with Crippen molar-refractivity contribution in [1.82, 2.24) is 9.88 Å². The Bertz CT molecular complexity index is 679. The van der Waals surface area contributed by atoms with Gasteiger partial charge in [-0.1, -0.05) is 0 Å². The van der Waals surface area contributed by atoms with Gasteiger partial charge in [0.2, 0.25) is 5.91 Å². The van der Waals surface area contributed by atoms with Crippen LogP contribution in [0.25, 0.3) is 0 Å². The summed E-state index contributed by atoms with van der Waals surface area (Å²) >= 11 is 3.50. The van der Waals surface area contributed by atoms with Crippen LogP contribution in [-0.2, 0) is 14.9 Å². The number of halogens is 1. The van der Waals surface area contributed by atoms with Gasteiger partial charge < -0.3 is 9.64 Å². The molecule has 6 heteroatoms. The fourth-order valence-electron chi connectivity index (χ4n) is 4.47. The number of ether oxygens (including phenoxy) is 1. The zero-order valence-corrected chi connectivity index (χ0v) is 16.1. The van der Waals surface area contributed by atoms with Crippen molar-refractivity contribution < 1.29 is 9.53 Å². The molecule has 0 radical (unpaired) electrons. The molecule has 1 aliphatic carbocycles. The molecule has 2 fully saturated rings. The van der Waals surface area contributed by atoms with Gasteiger partial charge in [-0.25, -0.2) is 0 Å². The molecule has 5 nitrogen and oxygen atoms in total. The van der Waals surface area contributed by atoms with Crippen molar-refractivity contribution in [2.45, 2.75) is 50.6 Å². The Hall–Kier alpha value is -0.980. The van der Waals surface area contributed by atoms with Crippen molar-refractivity contribution in [3.05, 3.63) is 22.4 Å². The molecule has 0 aromatic carbocycles. The SMILES string of the molecule is CC1(C)C(=O)N([C@H]2C[C@@](C)(N3CCOCC3)C2)c2cc(Br)cnc21. The summed E-state index contributed by atoms with van der Waals surface area (Å²) in [6, 6.07) is 2.31. The maximum absolute atomic E-state index is 13.1. The van der Waals surface area contributed by atoms with E-state index in [1.807, 2.05) is 24.8 Å². The van der Waals surface area contributed by atoms with Crippen molar-refractivity contribution in [2.75, 3.05) is 31.2 Å². The van der Waals surface area contributed by atoms with E-state index in [0.717, 1.165) is 55.0 Å². The van der Waals surface area contributed by atoms with Gasteiger partial charge in [0.1, 0.15) is 0 Å². The molecular weight excluding hydrogens is 370 g/mol. The second-order valence-electron chi connectivity index (χ2n) is 7.98. The molecule has 130 valence electrons. The quantitative estimate of drug-likeness (QED) is 0.774. The Kier molecular flexibility index (Phi) is 3.79. The van der Waals surface area contributed by atoms with E-state index < -0.39 is 5.41 Å². The molecule has 2 aliphatic heterocycles. The highest BCUT2D eigenvalue weighted by molar-refractivity contribution is 9.10. The minimum atomic E-state index is -0.541.